The molecule has 29 heavy (non-hydrogen) atoms. The van der Waals surface area contributed by atoms with Crippen LogP contribution in [0.3, 0.4) is 0 Å². The minimum Gasteiger partial charge on any atom is -0.475 e. The molecule has 1 unspecified atom stereocenters. The summed E-state index contributed by atoms with van der Waals surface area (Å²) in [6, 6.07) is 4.97. The Morgan fingerprint density at radius 1 is 1.28 bits per heavy atom. The van der Waals surface area contributed by atoms with Gasteiger partial charge in [-0.15, -0.1) is 0 Å². The number of rotatable bonds is 6. The van der Waals surface area contributed by atoms with Gasteiger partial charge in [0.05, 0.1) is 11.9 Å². The Morgan fingerprint density at radius 3 is 2.55 bits per heavy atom. The lowest BCUT2D eigenvalue weighted by molar-refractivity contribution is -0.137. The highest BCUT2D eigenvalue weighted by molar-refractivity contribution is 5.90. The van der Waals surface area contributed by atoms with Gasteiger partial charge in [-0.25, -0.2) is 19.7 Å². The molecular weight excluding hydrogens is 387 g/mol. The van der Waals surface area contributed by atoms with Crippen LogP contribution in [-0.4, -0.2) is 36.6 Å². The van der Waals surface area contributed by atoms with Crippen LogP contribution in [0.1, 0.15) is 41.5 Å². The monoisotopic (exact) mass is 405 g/mol. The Kier molecular flexibility index (Phi) is 4.64. The molecule has 0 saturated heterocycles. The third kappa shape index (κ3) is 4.01. The van der Waals surface area contributed by atoms with Crippen LogP contribution in [0.4, 0.5) is 19.0 Å². The predicted octanol–water partition coefficient (Wildman–Crippen LogP) is 3.80. The van der Waals surface area contributed by atoms with Gasteiger partial charge in [0.15, 0.2) is 11.5 Å². The van der Waals surface area contributed by atoms with Crippen molar-refractivity contribution in [3.63, 3.8) is 0 Å². The van der Waals surface area contributed by atoms with Crippen molar-refractivity contribution in [1.29, 1.82) is 0 Å². The van der Waals surface area contributed by atoms with Crippen molar-refractivity contribution in [2.24, 2.45) is 5.92 Å². The first-order valence-corrected chi connectivity index (χ1v) is 9.11. The number of halogens is 3. The smallest absolute Gasteiger partial charge is 0.416 e. The number of carbonyl (C=O) groups is 1. The van der Waals surface area contributed by atoms with Crippen molar-refractivity contribution in [1.82, 2.24) is 19.5 Å². The molecule has 1 aliphatic carbocycles. The van der Waals surface area contributed by atoms with E-state index in [4.69, 9.17) is 0 Å². The first-order valence-electron chi connectivity index (χ1n) is 9.11. The fourth-order valence-electron chi connectivity index (χ4n) is 3.22. The van der Waals surface area contributed by atoms with E-state index in [9.17, 15) is 23.1 Å². The highest BCUT2D eigenvalue weighted by Gasteiger charge is 2.30. The number of hydrogen-bond acceptors (Lipinski definition) is 5. The molecule has 2 N–H and O–H groups in total. The van der Waals surface area contributed by atoms with Crippen molar-refractivity contribution >= 4 is 23.0 Å². The van der Waals surface area contributed by atoms with E-state index in [0.717, 1.165) is 25.0 Å². The molecule has 3 aromatic rings. The lowest BCUT2D eigenvalue weighted by Crippen LogP contribution is -2.20. The highest BCUT2D eigenvalue weighted by atomic mass is 19.4. The largest absolute Gasteiger partial charge is 0.475 e. The van der Waals surface area contributed by atoms with E-state index in [0.29, 0.717) is 22.8 Å². The van der Waals surface area contributed by atoms with Crippen molar-refractivity contribution in [2.75, 3.05) is 5.32 Å². The molecule has 7 nitrogen and oxygen atoms in total. The Hall–Kier alpha value is -3.17. The molecule has 1 atom stereocenters. The molecule has 2 aromatic heterocycles. The maximum atomic E-state index is 12.8. The average Bonchev–Trinajstić information content (AvgIpc) is 3.43. The average molecular weight is 405 g/mol. The van der Waals surface area contributed by atoms with Crippen LogP contribution < -0.4 is 5.32 Å². The van der Waals surface area contributed by atoms with Crippen LogP contribution in [0.25, 0.3) is 11.2 Å². The number of carboxylic acid groups (broad SMARTS) is 1. The van der Waals surface area contributed by atoms with Gasteiger partial charge in [-0.3, -0.25) is 0 Å². The Labute approximate surface area is 163 Å². The second-order valence-corrected chi connectivity index (χ2v) is 7.21. The molecule has 0 amide bonds. The maximum absolute atomic E-state index is 12.8. The van der Waals surface area contributed by atoms with Gasteiger partial charge < -0.3 is 15.0 Å². The highest BCUT2D eigenvalue weighted by Crippen LogP contribution is 2.35. The molecule has 1 aromatic carbocycles. The summed E-state index contributed by atoms with van der Waals surface area (Å²) in [6.07, 6.45) is -0.717. The number of alkyl halides is 3. The quantitative estimate of drug-likeness (QED) is 0.648. The Morgan fingerprint density at radius 2 is 1.97 bits per heavy atom. The molecule has 0 radical (unpaired) electrons. The first-order chi connectivity index (χ1) is 13.7. The van der Waals surface area contributed by atoms with Crippen molar-refractivity contribution in [2.45, 2.75) is 38.5 Å². The minimum atomic E-state index is -4.39. The zero-order valence-electron chi connectivity index (χ0n) is 15.4. The summed E-state index contributed by atoms with van der Waals surface area (Å²) in [7, 11) is 0. The van der Waals surface area contributed by atoms with E-state index >= 15 is 0 Å². The standard InChI is InChI=1S/C19H18F3N5O2/c1-10(12-4-5-12)24-16-14-15(25-17(26-16)18(28)29)23-9-27(14)8-11-2-6-13(7-3-11)19(20,21)22/h2-3,6-7,9-10,12H,4-5,8H2,1H3,(H,28,29)(H,24,25,26). The minimum absolute atomic E-state index is 0.101. The van der Waals surface area contributed by atoms with Gasteiger partial charge in [-0.05, 0) is 43.4 Å². The zero-order valence-corrected chi connectivity index (χ0v) is 15.4. The number of aromatic nitrogens is 4. The fraction of sp³-hybridized carbons (Fsp3) is 0.368. The Bertz CT molecular complexity index is 1060. The van der Waals surface area contributed by atoms with Crippen molar-refractivity contribution in [3.05, 3.63) is 47.5 Å². The van der Waals surface area contributed by atoms with Crippen LogP contribution in [0.2, 0.25) is 0 Å². The predicted molar refractivity (Wildman–Crippen MR) is 98.6 cm³/mol. The van der Waals surface area contributed by atoms with Crippen LogP contribution >= 0.6 is 0 Å². The molecule has 0 bridgehead atoms. The maximum Gasteiger partial charge on any atom is 0.416 e. The van der Waals surface area contributed by atoms with Crippen LogP contribution in [-0.2, 0) is 12.7 Å². The van der Waals surface area contributed by atoms with Crippen LogP contribution in [0, 0.1) is 5.92 Å². The SMILES string of the molecule is CC(Nc1nc(C(=O)O)nc2ncn(Cc3ccc(C(F)(F)F)cc3)c12)C1CC1. The molecule has 0 aliphatic heterocycles. The second-order valence-electron chi connectivity index (χ2n) is 7.21. The van der Waals surface area contributed by atoms with Crippen LogP contribution in [0.15, 0.2) is 30.6 Å². The zero-order chi connectivity index (χ0) is 20.8. The van der Waals surface area contributed by atoms with Crippen molar-refractivity contribution < 1.29 is 23.1 Å². The number of carboxylic acids is 1. The normalized spacial score (nSPS) is 15.4. The molecule has 10 heteroatoms. The van der Waals surface area contributed by atoms with E-state index in [2.05, 4.69) is 20.3 Å². The van der Waals surface area contributed by atoms with Gasteiger partial charge in [0, 0.05) is 12.6 Å². The first kappa shape index (κ1) is 19.2. The van der Waals surface area contributed by atoms with Crippen molar-refractivity contribution in [3.8, 4) is 0 Å². The molecule has 1 fully saturated rings. The number of hydrogen-bond donors (Lipinski definition) is 2. The van der Waals surface area contributed by atoms with Gasteiger partial charge in [0.25, 0.3) is 0 Å². The summed E-state index contributed by atoms with van der Waals surface area (Å²) < 4.78 is 40.0. The number of benzene rings is 1. The molecule has 4 rings (SSSR count). The molecule has 2 heterocycles. The van der Waals surface area contributed by atoms with Gasteiger partial charge in [-0.2, -0.15) is 13.2 Å². The topological polar surface area (TPSA) is 92.9 Å². The number of anilines is 1. The van der Waals surface area contributed by atoms with E-state index < -0.39 is 17.7 Å². The third-order valence-corrected chi connectivity index (χ3v) is 4.99. The molecule has 152 valence electrons. The molecule has 0 spiro atoms. The van der Waals surface area contributed by atoms with Gasteiger partial charge >= 0.3 is 12.1 Å². The van der Waals surface area contributed by atoms with Gasteiger partial charge in [0.1, 0.15) is 5.52 Å². The second kappa shape index (κ2) is 7.02. The lowest BCUT2D eigenvalue weighted by atomic mass is 10.1. The fourth-order valence-corrected chi connectivity index (χ4v) is 3.22. The number of aromatic carboxylic acids is 1. The molecule has 1 aliphatic rings. The number of imidazole rings is 1. The summed E-state index contributed by atoms with van der Waals surface area (Å²) in [5.41, 5.74) is 0.657. The summed E-state index contributed by atoms with van der Waals surface area (Å²) in [4.78, 5) is 23.7. The number of fused-ring (bicyclic) bond motifs is 1. The molecular formula is C19H18F3N5O2. The van der Waals surface area contributed by atoms with Gasteiger partial charge in [0.2, 0.25) is 5.82 Å². The van der Waals surface area contributed by atoms with E-state index in [-0.39, 0.29) is 24.1 Å². The molecule has 1 saturated carbocycles. The number of nitrogens with zero attached hydrogens (tertiary/aromatic N) is 4. The lowest BCUT2D eigenvalue weighted by Gasteiger charge is -2.16. The third-order valence-electron chi connectivity index (χ3n) is 4.99. The van der Waals surface area contributed by atoms with E-state index in [1.807, 2.05) is 6.92 Å². The summed E-state index contributed by atoms with van der Waals surface area (Å²) >= 11 is 0. The Balaban J connectivity index is 1.70. The summed E-state index contributed by atoms with van der Waals surface area (Å²) in [6.45, 7) is 2.25. The number of nitrogens with one attached hydrogen (secondary N) is 1. The van der Waals surface area contributed by atoms with E-state index in [1.165, 1.54) is 18.5 Å². The van der Waals surface area contributed by atoms with E-state index in [1.54, 1.807) is 4.57 Å². The summed E-state index contributed by atoms with van der Waals surface area (Å²) in [5, 5.41) is 12.5. The van der Waals surface area contributed by atoms with Gasteiger partial charge in [-0.1, -0.05) is 12.1 Å². The summed E-state index contributed by atoms with van der Waals surface area (Å²) in [5.74, 6) is -0.759. The van der Waals surface area contributed by atoms with Crippen LogP contribution in [0.5, 0.6) is 0 Å².